The minimum absolute atomic E-state index is 0.181. The number of nitrogens with one attached hydrogen (secondary N) is 2. The number of carbonyl (C=O) groups excluding carboxylic acids is 2. The molecule has 0 heterocycles. The van der Waals surface area contributed by atoms with Crippen LogP contribution in [0.3, 0.4) is 0 Å². The molecule has 4 nitrogen and oxygen atoms in total. The lowest BCUT2D eigenvalue weighted by atomic mass is 10.1. The Hall–Kier alpha value is -1.73. The van der Waals surface area contributed by atoms with Crippen molar-refractivity contribution < 1.29 is 14.0 Å². The van der Waals surface area contributed by atoms with Crippen molar-refractivity contribution in [3.8, 4) is 0 Å². The summed E-state index contributed by atoms with van der Waals surface area (Å²) in [6, 6.07) is 11.8. The summed E-state index contributed by atoms with van der Waals surface area (Å²) in [5, 5.41) is 5.44. The van der Waals surface area contributed by atoms with Crippen molar-refractivity contribution in [3.05, 3.63) is 68.4 Å². The molecule has 0 saturated carbocycles. The number of rotatable bonds is 7. The predicted molar refractivity (Wildman–Crippen MR) is 102 cm³/mol. The van der Waals surface area contributed by atoms with E-state index in [1.54, 1.807) is 30.3 Å². The lowest BCUT2D eigenvalue weighted by Gasteiger charge is -2.08. The summed E-state index contributed by atoms with van der Waals surface area (Å²) in [5.41, 5.74) is 1.05. The van der Waals surface area contributed by atoms with E-state index in [9.17, 15) is 14.0 Å². The summed E-state index contributed by atoms with van der Waals surface area (Å²) in [4.78, 5) is 23.7. The fraction of sp³-hybridized carbons (Fsp3) is 0.222. The minimum Gasteiger partial charge on any atom is -0.354 e. The van der Waals surface area contributed by atoms with Crippen LogP contribution in [0, 0.1) is 5.82 Å². The van der Waals surface area contributed by atoms with Crippen LogP contribution in [0.2, 0.25) is 0 Å². The molecule has 0 fully saturated rings. The van der Waals surface area contributed by atoms with Crippen molar-refractivity contribution in [2.45, 2.75) is 12.8 Å². The van der Waals surface area contributed by atoms with E-state index in [2.05, 4.69) is 42.5 Å². The largest absolute Gasteiger partial charge is 0.354 e. The molecule has 0 aliphatic carbocycles. The highest BCUT2D eigenvalue weighted by molar-refractivity contribution is 9.10. The number of amides is 2. The summed E-state index contributed by atoms with van der Waals surface area (Å²) >= 11 is 6.50. The van der Waals surface area contributed by atoms with Gasteiger partial charge in [-0.2, -0.15) is 0 Å². The first-order valence-corrected chi connectivity index (χ1v) is 9.28. The molecule has 0 aliphatic heterocycles. The second kappa shape index (κ2) is 9.68. The fourth-order valence-electron chi connectivity index (χ4n) is 2.17. The molecule has 2 aromatic rings. The first-order chi connectivity index (χ1) is 12.0. The third kappa shape index (κ3) is 6.59. The van der Waals surface area contributed by atoms with Gasteiger partial charge in [0.2, 0.25) is 5.91 Å². The van der Waals surface area contributed by atoms with Gasteiger partial charge in [0.25, 0.3) is 5.91 Å². The number of hydrogen-bond donors (Lipinski definition) is 2. The first kappa shape index (κ1) is 19.6. The standard InChI is InChI=1S/C18H17Br2FN2O2/c19-14-3-1-2-13(10-14)18(25)23-9-8-22-17(24)7-5-12-4-6-15(20)11-16(12)21/h1-4,6,10-11H,5,7-9H2,(H,22,24)(H,23,25). The lowest BCUT2D eigenvalue weighted by molar-refractivity contribution is -0.121. The molecule has 0 aliphatic rings. The Morgan fingerprint density at radius 3 is 2.40 bits per heavy atom. The highest BCUT2D eigenvalue weighted by Gasteiger charge is 2.08. The molecule has 0 bridgehead atoms. The Bertz CT molecular complexity index is 768. The van der Waals surface area contributed by atoms with Crippen molar-refractivity contribution in [2.75, 3.05) is 13.1 Å². The van der Waals surface area contributed by atoms with Crippen molar-refractivity contribution in [3.63, 3.8) is 0 Å². The molecule has 2 aromatic carbocycles. The Kier molecular flexibility index (Phi) is 7.58. The number of aryl methyl sites for hydroxylation is 1. The van der Waals surface area contributed by atoms with Crippen LogP contribution < -0.4 is 10.6 Å². The van der Waals surface area contributed by atoms with E-state index < -0.39 is 0 Å². The maximum Gasteiger partial charge on any atom is 0.251 e. The summed E-state index contributed by atoms with van der Waals surface area (Å²) in [6.45, 7) is 0.644. The smallest absolute Gasteiger partial charge is 0.251 e. The number of halogens is 3. The van der Waals surface area contributed by atoms with Gasteiger partial charge in [0.15, 0.2) is 0 Å². The Morgan fingerprint density at radius 1 is 0.960 bits per heavy atom. The summed E-state index contributed by atoms with van der Waals surface area (Å²) < 4.78 is 15.2. The molecule has 2 rings (SSSR count). The van der Waals surface area contributed by atoms with Gasteiger partial charge in [-0.1, -0.05) is 44.0 Å². The Morgan fingerprint density at radius 2 is 1.68 bits per heavy atom. The van der Waals surface area contributed by atoms with E-state index in [0.29, 0.717) is 35.1 Å². The summed E-state index contributed by atoms with van der Waals surface area (Å²) in [5.74, 6) is -0.713. The number of carbonyl (C=O) groups is 2. The monoisotopic (exact) mass is 470 g/mol. The van der Waals surface area contributed by atoms with Crippen LogP contribution in [0.4, 0.5) is 4.39 Å². The molecule has 2 N–H and O–H groups in total. The van der Waals surface area contributed by atoms with Crippen molar-refractivity contribution in [1.82, 2.24) is 10.6 Å². The van der Waals surface area contributed by atoms with Gasteiger partial charge in [-0.15, -0.1) is 0 Å². The van der Waals surface area contributed by atoms with Gasteiger partial charge in [-0.05, 0) is 42.3 Å². The highest BCUT2D eigenvalue weighted by Crippen LogP contribution is 2.16. The van der Waals surface area contributed by atoms with Gasteiger partial charge in [0, 0.05) is 34.0 Å². The van der Waals surface area contributed by atoms with Gasteiger partial charge < -0.3 is 10.6 Å². The zero-order valence-corrected chi connectivity index (χ0v) is 16.5. The van der Waals surface area contributed by atoms with Crippen LogP contribution >= 0.6 is 31.9 Å². The van der Waals surface area contributed by atoms with Gasteiger partial charge in [0.1, 0.15) is 5.82 Å². The molecule has 0 saturated heterocycles. The molecule has 0 unspecified atom stereocenters. The van der Waals surface area contributed by atoms with Crippen LogP contribution in [0.5, 0.6) is 0 Å². The van der Waals surface area contributed by atoms with Crippen molar-refractivity contribution in [2.24, 2.45) is 0 Å². The quantitative estimate of drug-likeness (QED) is 0.603. The maximum atomic E-state index is 13.7. The summed E-state index contributed by atoms with van der Waals surface area (Å²) in [7, 11) is 0. The second-order valence-corrected chi connectivity index (χ2v) is 7.18. The van der Waals surface area contributed by atoms with E-state index in [1.165, 1.54) is 6.07 Å². The average Bonchev–Trinajstić information content (AvgIpc) is 2.57. The summed E-state index contributed by atoms with van der Waals surface area (Å²) in [6.07, 6.45) is 0.521. The van der Waals surface area contributed by atoms with Gasteiger partial charge in [-0.3, -0.25) is 9.59 Å². The zero-order chi connectivity index (χ0) is 18.2. The fourth-order valence-corrected chi connectivity index (χ4v) is 2.90. The van der Waals surface area contributed by atoms with Crippen LogP contribution in [-0.4, -0.2) is 24.9 Å². The molecule has 0 radical (unpaired) electrons. The minimum atomic E-state index is -0.330. The first-order valence-electron chi connectivity index (χ1n) is 7.70. The van der Waals surface area contributed by atoms with Crippen LogP contribution in [0.15, 0.2) is 51.4 Å². The van der Waals surface area contributed by atoms with Gasteiger partial charge in [-0.25, -0.2) is 4.39 Å². The number of benzene rings is 2. The van der Waals surface area contributed by atoms with E-state index in [1.807, 2.05) is 6.07 Å². The molecule has 25 heavy (non-hydrogen) atoms. The van der Waals surface area contributed by atoms with Crippen LogP contribution in [-0.2, 0) is 11.2 Å². The second-order valence-electron chi connectivity index (χ2n) is 5.35. The zero-order valence-electron chi connectivity index (χ0n) is 13.3. The Balaban J connectivity index is 1.67. The van der Waals surface area contributed by atoms with Crippen LogP contribution in [0.25, 0.3) is 0 Å². The van der Waals surface area contributed by atoms with Gasteiger partial charge >= 0.3 is 0 Å². The van der Waals surface area contributed by atoms with Crippen molar-refractivity contribution >= 4 is 43.7 Å². The van der Waals surface area contributed by atoms with E-state index in [-0.39, 0.29) is 24.1 Å². The van der Waals surface area contributed by atoms with Crippen LogP contribution in [0.1, 0.15) is 22.3 Å². The molecular weight excluding hydrogens is 455 g/mol. The molecule has 7 heteroatoms. The lowest BCUT2D eigenvalue weighted by Crippen LogP contribution is -2.34. The number of hydrogen-bond acceptors (Lipinski definition) is 2. The van der Waals surface area contributed by atoms with Gasteiger partial charge in [0.05, 0.1) is 0 Å². The SMILES string of the molecule is O=C(CCc1ccc(Br)cc1F)NCCNC(=O)c1cccc(Br)c1. The third-order valence-electron chi connectivity index (χ3n) is 3.46. The van der Waals surface area contributed by atoms with E-state index >= 15 is 0 Å². The topological polar surface area (TPSA) is 58.2 Å². The normalized spacial score (nSPS) is 10.4. The predicted octanol–water partition coefficient (Wildman–Crippen LogP) is 3.83. The molecule has 2 amide bonds. The Labute approximate surface area is 162 Å². The third-order valence-corrected chi connectivity index (χ3v) is 4.44. The molecular formula is C18H17Br2FN2O2. The average molecular weight is 472 g/mol. The highest BCUT2D eigenvalue weighted by atomic mass is 79.9. The molecule has 0 atom stereocenters. The molecule has 0 spiro atoms. The van der Waals surface area contributed by atoms with E-state index in [4.69, 9.17) is 0 Å². The van der Waals surface area contributed by atoms with Crippen molar-refractivity contribution in [1.29, 1.82) is 0 Å². The molecule has 132 valence electrons. The van der Waals surface area contributed by atoms with E-state index in [0.717, 1.165) is 4.47 Å². The molecule has 0 aromatic heterocycles. The maximum absolute atomic E-state index is 13.7.